The molecule has 0 fully saturated rings. The molecule has 1 aromatic rings. The van der Waals surface area contributed by atoms with Gasteiger partial charge in [-0.15, -0.1) is 0 Å². The van der Waals surface area contributed by atoms with Gasteiger partial charge in [0.05, 0.1) is 0 Å². The molecule has 0 unspecified atom stereocenters. The minimum atomic E-state index is 0.189. The van der Waals surface area contributed by atoms with Crippen molar-refractivity contribution in [1.29, 1.82) is 0 Å². The van der Waals surface area contributed by atoms with Crippen LogP contribution >= 0.6 is 0 Å². The first-order valence-corrected chi connectivity index (χ1v) is 6.23. The average Bonchev–Trinajstić information content (AvgIpc) is 2.76. The van der Waals surface area contributed by atoms with Crippen LogP contribution in [0.2, 0.25) is 0 Å². The molecule has 0 radical (unpaired) electrons. The van der Waals surface area contributed by atoms with Crippen LogP contribution in [-0.2, 0) is 11.3 Å². The van der Waals surface area contributed by atoms with Crippen LogP contribution in [0.3, 0.4) is 0 Å². The minimum Gasteiger partial charge on any atom is -0.343 e. The van der Waals surface area contributed by atoms with Crippen molar-refractivity contribution < 1.29 is 4.79 Å². The van der Waals surface area contributed by atoms with Crippen LogP contribution in [0.5, 0.6) is 0 Å². The molecule has 17 heavy (non-hydrogen) atoms. The van der Waals surface area contributed by atoms with Gasteiger partial charge in [0.1, 0.15) is 0 Å². The van der Waals surface area contributed by atoms with Gasteiger partial charge in [-0.1, -0.05) is 13.8 Å². The van der Waals surface area contributed by atoms with Crippen molar-refractivity contribution in [1.82, 2.24) is 14.7 Å². The average molecular weight is 237 g/mol. The summed E-state index contributed by atoms with van der Waals surface area (Å²) in [6.07, 6.45) is 5.17. The fraction of sp³-hybridized carbons (Fsp3) is 0.692. The highest BCUT2D eigenvalue weighted by Gasteiger charge is 2.16. The van der Waals surface area contributed by atoms with E-state index in [9.17, 15) is 4.79 Å². The molecule has 0 N–H and O–H groups in total. The zero-order chi connectivity index (χ0) is 12.8. The van der Waals surface area contributed by atoms with E-state index in [0.717, 1.165) is 6.42 Å². The number of hydrogen-bond donors (Lipinski definition) is 0. The monoisotopic (exact) mass is 237 g/mol. The predicted molar refractivity (Wildman–Crippen MR) is 68.5 cm³/mol. The van der Waals surface area contributed by atoms with Gasteiger partial charge in [0.25, 0.3) is 0 Å². The maximum absolute atomic E-state index is 11.9. The van der Waals surface area contributed by atoms with Gasteiger partial charge in [0, 0.05) is 38.4 Å². The van der Waals surface area contributed by atoms with E-state index in [4.69, 9.17) is 0 Å². The van der Waals surface area contributed by atoms with Crippen LogP contribution in [0.1, 0.15) is 33.6 Å². The number of carbonyl (C=O) groups excluding carboxylic acids is 1. The first-order chi connectivity index (χ1) is 8.00. The van der Waals surface area contributed by atoms with E-state index < -0.39 is 0 Å². The number of nitrogens with zero attached hydrogens (tertiary/aromatic N) is 3. The Morgan fingerprint density at radius 2 is 2.12 bits per heavy atom. The fourth-order valence-corrected chi connectivity index (χ4v) is 1.91. The fourth-order valence-electron chi connectivity index (χ4n) is 1.91. The molecule has 0 spiro atoms. The Morgan fingerprint density at radius 1 is 1.41 bits per heavy atom. The number of carbonyl (C=O) groups is 1. The highest BCUT2D eigenvalue weighted by molar-refractivity contribution is 5.76. The Kier molecular flexibility index (Phi) is 5.19. The molecule has 1 amide bonds. The number of amides is 1. The van der Waals surface area contributed by atoms with Crippen molar-refractivity contribution in [2.45, 2.75) is 46.2 Å². The van der Waals surface area contributed by atoms with Crippen molar-refractivity contribution >= 4 is 5.91 Å². The number of hydrogen-bond acceptors (Lipinski definition) is 2. The van der Waals surface area contributed by atoms with Crippen molar-refractivity contribution in [3.8, 4) is 0 Å². The third kappa shape index (κ3) is 4.59. The van der Waals surface area contributed by atoms with Gasteiger partial charge in [-0.25, -0.2) is 0 Å². The summed E-state index contributed by atoms with van der Waals surface area (Å²) in [6, 6.07) is 2.18. The van der Waals surface area contributed by atoms with E-state index in [0.29, 0.717) is 24.9 Å². The van der Waals surface area contributed by atoms with E-state index in [-0.39, 0.29) is 5.91 Å². The first kappa shape index (κ1) is 13.7. The van der Waals surface area contributed by atoms with Gasteiger partial charge in [-0.3, -0.25) is 9.48 Å². The van der Waals surface area contributed by atoms with E-state index in [1.165, 1.54) is 0 Å². The van der Waals surface area contributed by atoms with Crippen LogP contribution in [-0.4, -0.2) is 33.7 Å². The normalized spacial score (nSPS) is 12.8. The molecule has 1 aromatic heterocycles. The predicted octanol–water partition coefficient (Wildman–Crippen LogP) is 2.17. The number of aryl methyl sites for hydroxylation is 1. The summed E-state index contributed by atoms with van der Waals surface area (Å²) in [5.41, 5.74) is 0. The molecule has 0 saturated heterocycles. The van der Waals surface area contributed by atoms with E-state index in [1.807, 2.05) is 24.2 Å². The lowest BCUT2D eigenvalue weighted by atomic mass is 10.0. The molecular weight excluding hydrogens is 214 g/mol. The number of rotatable bonds is 6. The summed E-state index contributed by atoms with van der Waals surface area (Å²) >= 11 is 0. The molecule has 0 aliphatic carbocycles. The SMILES string of the molecule is CC(C)C[C@H](C)N(C)C(=O)CCn1cccn1. The van der Waals surface area contributed by atoms with Crippen molar-refractivity contribution in [3.05, 3.63) is 18.5 Å². The molecule has 0 aromatic carbocycles. The maximum atomic E-state index is 11.9. The lowest BCUT2D eigenvalue weighted by Crippen LogP contribution is -2.36. The van der Waals surface area contributed by atoms with Gasteiger partial charge < -0.3 is 4.90 Å². The second-order valence-electron chi connectivity index (χ2n) is 5.00. The Morgan fingerprint density at radius 3 is 2.65 bits per heavy atom. The van der Waals surface area contributed by atoms with Crippen LogP contribution < -0.4 is 0 Å². The maximum Gasteiger partial charge on any atom is 0.224 e. The largest absolute Gasteiger partial charge is 0.343 e. The Bertz CT molecular complexity index is 332. The standard InChI is InChI=1S/C13H23N3O/c1-11(2)10-12(3)15(4)13(17)6-9-16-8-5-7-14-16/h5,7-8,11-12H,6,9-10H2,1-4H3/t12-/m0/s1. The zero-order valence-corrected chi connectivity index (χ0v) is 11.3. The highest BCUT2D eigenvalue weighted by atomic mass is 16.2. The molecule has 4 nitrogen and oxygen atoms in total. The Balaban J connectivity index is 2.36. The first-order valence-electron chi connectivity index (χ1n) is 6.23. The second-order valence-corrected chi connectivity index (χ2v) is 5.00. The van der Waals surface area contributed by atoms with E-state index in [1.54, 1.807) is 10.9 Å². The second kappa shape index (κ2) is 6.42. The highest BCUT2D eigenvalue weighted by Crippen LogP contribution is 2.10. The molecular formula is C13H23N3O. The molecule has 1 rings (SSSR count). The molecule has 96 valence electrons. The lowest BCUT2D eigenvalue weighted by molar-refractivity contribution is -0.132. The molecule has 0 bridgehead atoms. The number of aromatic nitrogens is 2. The molecule has 1 heterocycles. The zero-order valence-electron chi connectivity index (χ0n) is 11.3. The van der Waals surface area contributed by atoms with Gasteiger partial charge in [0.2, 0.25) is 5.91 Å². The van der Waals surface area contributed by atoms with Gasteiger partial charge >= 0.3 is 0 Å². The third-order valence-electron chi connectivity index (χ3n) is 2.98. The smallest absolute Gasteiger partial charge is 0.224 e. The van der Waals surface area contributed by atoms with Crippen LogP contribution in [0, 0.1) is 5.92 Å². The summed E-state index contributed by atoms with van der Waals surface area (Å²) in [7, 11) is 1.89. The summed E-state index contributed by atoms with van der Waals surface area (Å²) in [4.78, 5) is 13.8. The molecule has 0 saturated carbocycles. The van der Waals surface area contributed by atoms with Crippen LogP contribution in [0.15, 0.2) is 18.5 Å². The van der Waals surface area contributed by atoms with Gasteiger partial charge in [-0.05, 0) is 25.3 Å². The quantitative estimate of drug-likeness (QED) is 0.760. The third-order valence-corrected chi connectivity index (χ3v) is 2.98. The topological polar surface area (TPSA) is 38.1 Å². The minimum absolute atomic E-state index is 0.189. The lowest BCUT2D eigenvalue weighted by Gasteiger charge is -2.26. The Labute approximate surface area is 104 Å². The van der Waals surface area contributed by atoms with Crippen molar-refractivity contribution in [2.24, 2.45) is 5.92 Å². The molecule has 4 heteroatoms. The van der Waals surface area contributed by atoms with E-state index >= 15 is 0 Å². The summed E-state index contributed by atoms with van der Waals surface area (Å²) in [5.74, 6) is 0.806. The summed E-state index contributed by atoms with van der Waals surface area (Å²) in [6.45, 7) is 7.12. The Hall–Kier alpha value is -1.32. The molecule has 1 atom stereocenters. The van der Waals surface area contributed by atoms with Crippen molar-refractivity contribution in [3.63, 3.8) is 0 Å². The summed E-state index contributed by atoms with van der Waals surface area (Å²) < 4.78 is 1.79. The van der Waals surface area contributed by atoms with Crippen molar-refractivity contribution in [2.75, 3.05) is 7.05 Å². The van der Waals surface area contributed by atoms with Gasteiger partial charge in [-0.2, -0.15) is 5.10 Å². The van der Waals surface area contributed by atoms with E-state index in [2.05, 4.69) is 25.9 Å². The van der Waals surface area contributed by atoms with Crippen LogP contribution in [0.25, 0.3) is 0 Å². The summed E-state index contributed by atoms with van der Waals surface area (Å²) in [5, 5.41) is 4.09. The van der Waals surface area contributed by atoms with Crippen LogP contribution in [0.4, 0.5) is 0 Å². The molecule has 0 aliphatic heterocycles. The van der Waals surface area contributed by atoms with Gasteiger partial charge in [0.15, 0.2) is 0 Å². The molecule has 0 aliphatic rings.